The average molecular weight is 213 g/mol. The lowest BCUT2D eigenvalue weighted by Crippen LogP contribution is -1.93. The van der Waals surface area contributed by atoms with Crippen LogP contribution in [0.25, 0.3) is 17.1 Å². The standard InChI is InChI=1S/C12H11N3O/c13-10-4-5-11-12(15-7-6-14-11)9(10)3-1-2-8-16/h1,3-8H,2,13H2. The van der Waals surface area contributed by atoms with Gasteiger partial charge in [0.2, 0.25) is 0 Å². The summed E-state index contributed by atoms with van der Waals surface area (Å²) in [5.74, 6) is 0. The van der Waals surface area contributed by atoms with E-state index in [1.54, 1.807) is 30.6 Å². The molecule has 0 amide bonds. The maximum absolute atomic E-state index is 10.2. The zero-order valence-electron chi connectivity index (χ0n) is 8.63. The number of carbonyl (C=O) groups is 1. The summed E-state index contributed by atoms with van der Waals surface area (Å²) in [4.78, 5) is 18.7. The van der Waals surface area contributed by atoms with E-state index in [0.717, 1.165) is 22.9 Å². The maximum atomic E-state index is 10.2. The number of hydrogen-bond acceptors (Lipinski definition) is 4. The normalized spacial score (nSPS) is 11.0. The van der Waals surface area contributed by atoms with E-state index < -0.39 is 0 Å². The quantitative estimate of drug-likeness (QED) is 0.623. The highest BCUT2D eigenvalue weighted by Gasteiger charge is 2.03. The first kappa shape index (κ1) is 10.3. The van der Waals surface area contributed by atoms with E-state index in [1.165, 1.54) is 0 Å². The van der Waals surface area contributed by atoms with Gasteiger partial charge in [0.25, 0.3) is 0 Å². The summed E-state index contributed by atoms with van der Waals surface area (Å²) in [5.41, 5.74) is 8.86. The molecule has 1 aromatic carbocycles. The van der Waals surface area contributed by atoms with Crippen molar-refractivity contribution in [2.75, 3.05) is 5.73 Å². The number of fused-ring (bicyclic) bond motifs is 1. The minimum atomic E-state index is 0.371. The third-order valence-corrected chi connectivity index (χ3v) is 2.23. The average Bonchev–Trinajstić information content (AvgIpc) is 2.32. The van der Waals surface area contributed by atoms with Gasteiger partial charge in [0, 0.05) is 30.1 Å². The molecule has 1 heterocycles. The number of nitrogens with two attached hydrogens (primary N) is 1. The Kier molecular flexibility index (Phi) is 2.91. The Bertz CT molecular complexity index is 549. The van der Waals surface area contributed by atoms with Gasteiger partial charge in [-0.2, -0.15) is 0 Å². The maximum Gasteiger partial charge on any atom is 0.123 e. The van der Waals surface area contributed by atoms with Crippen molar-refractivity contribution >= 4 is 29.1 Å². The highest BCUT2D eigenvalue weighted by Crippen LogP contribution is 2.22. The molecule has 0 aliphatic carbocycles. The SMILES string of the molecule is Nc1ccc2nccnc2c1C=CCC=O. The molecule has 2 N–H and O–H groups in total. The van der Waals surface area contributed by atoms with Crippen molar-refractivity contribution in [3.63, 3.8) is 0 Å². The zero-order chi connectivity index (χ0) is 11.4. The van der Waals surface area contributed by atoms with Gasteiger partial charge in [-0.15, -0.1) is 0 Å². The fraction of sp³-hybridized carbons (Fsp3) is 0.0833. The van der Waals surface area contributed by atoms with E-state index in [4.69, 9.17) is 5.73 Å². The number of allylic oxidation sites excluding steroid dienone is 1. The summed E-state index contributed by atoms with van der Waals surface area (Å²) < 4.78 is 0. The van der Waals surface area contributed by atoms with Crippen LogP contribution in [0.5, 0.6) is 0 Å². The molecule has 4 heteroatoms. The van der Waals surface area contributed by atoms with Crippen LogP contribution in [-0.4, -0.2) is 16.3 Å². The second kappa shape index (κ2) is 4.53. The predicted octanol–water partition coefficient (Wildman–Crippen LogP) is 1.81. The van der Waals surface area contributed by atoms with Crippen LogP contribution < -0.4 is 5.73 Å². The molecule has 0 saturated carbocycles. The molecule has 80 valence electrons. The molecule has 1 aromatic heterocycles. The summed E-state index contributed by atoms with van der Waals surface area (Å²) >= 11 is 0. The van der Waals surface area contributed by atoms with Gasteiger partial charge in [0.15, 0.2) is 0 Å². The first-order valence-corrected chi connectivity index (χ1v) is 4.92. The Morgan fingerprint density at radius 2 is 2.06 bits per heavy atom. The van der Waals surface area contributed by atoms with Crippen LogP contribution in [0.4, 0.5) is 5.69 Å². The van der Waals surface area contributed by atoms with Gasteiger partial charge in [-0.1, -0.05) is 12.2 Å². The van der Waals surface area contributed by atoms with Gasteiger partial charge < -0.3 is 10.5 Å². The number of rotatable bonds is 3. The largest absolute Gasteiger partial charge is 0.398 e. The second-order valence-electron chi connectivity index (χ2n) is 3.30. The van der Waals surface area contributed by atoms with Crippen molar-refractivity contribution in [2.45, 2.75) is 6.42 Å². The summed E-state index contributed by atoms with van der Waals surface area (Å²) in [6.45, 7) is 0. The summed E-state index contributed by atoms with van der Waals surface area (Å²) in [6, 6.07) is 3.62. The number of aldehydes is 1. The topological polar surface area (TPSA) is 68.9 Å². The van der Waals surface area contributed by atoms with Crippen molar-refractivity contribution in [2.24, 2.45) is 0 Å². The lowest BCUT2D eigenvalue weighted by molar-refractivity contribution is -0.107. The molecule has 0 unspecified atom stereocenters. The van der Waals surface area contributed by atoms with Crippen molar-refractivity contribution in [1.82, 2.24) is 9.97 Å². The van der Waals surface area contributed by atoms with Crippen LogP contribution in [0.3, 0.4) is 0 Å². The van der Waals surface area contributed by atoms with Crippen LogP contribution in [0, 0.1) is 0 Å². The third kappa shape index (κ3) is 1.91. The number of hydrogen-bond donors (Lipinski definition) is 1. The Labute approximate surface area is 92.8 Å². The molecule has 0 bridgehead atoms. The molecule has 0 spiro atoms. The molecule has 4 nitrogen and oxygen atoms in total. The van der Waals surface area contributed by atoms with Crippen LogP contribution >= 0.6 is 0 Å². The van der Waals surface area contributed by atoms with Crippen molar-refractivity contribution in [1.29, 1.82) is 0 Å². The number of nitrogens with zero attached hydrogens (tertiary/aromatic N) is 2. The number of aromatic nitrogens is 2. The van der Waals surface area contributed by atoms with Crippen LogP contribution in [-0.2, 0) is 4.79 Å². The Morgan fingerprint density at radius 3 is 2.88 bits per heavy atom. The molecule has 0 aliphatic heterocycles. The van der Waals surface area contributed by atoms with Crippen LogP contribution in [0.2, 0.25) is 0 Å². The van der Waals surface area contributed by atoms with Gasteiger partial charge in [-0.05, 0) is 12.1 Å². The number of nitrogen functional groups attached to an aromatic ring is 1. The Morgan fingerprint density at radius 1 is 1.25 bits per heavy atom. The summed E-state index contributed by atoms with van der Waals surface area (Å²) in [5, 5.41) is 0. The number of carbonyl (C=O) groups excluding carboxylic acids is 1. The van der Waals surface area contributed by atoms with Gasteiger partial charge in [-0.25, -0.2) is 0 Å². The highest BCUT2D eigenvalue weighted by molar-refractivity contribution is 5.90. The first-order chi connectivity index (χ1) is 7.83. The smallest absolute Gasteiger partial charge is 0.123 e. The molecule has 16 heavy (non-hydrogen) atoms. The van der Waals surface area contributed by atoms with Gasteiger partial charge >= 0.3 is 0 Å². The van der Waals surface area contributed by atoms with E-state index in [0.29, 0.717) is 12.1 Å². The molecule has 0 aliphatic rings. The first-order valence-electron chi connectivity index (χ1n) is 4.92. The minimum absolute atomic E-state index is 0.371. The Balaban J connectivity index is 2.56. The van der Waals surface area contributed by atoms with Crippen LogP contribution in [0.1, 0.15) is 12.0 Å². The monoisotopic (exact) mass is 213 g/mol. The summed E-state index contributed by atoms with van der Waals surface area (Å²) in [7, 11) is 0. The molecule has 0 atom stereocenters. The minimum Gasteiger partial charge on any atom is -0.398 e. The predicted molar refractivity (Wildman–Crippen MR) is 63.7 cm³/mol. The van der Waals surface area contributed by atoms with E-state index in [1.807, 2.05) is 6.07 Å². The van der Waals surface area contributed by atoms with E-state index in [2.05, 4.69) is 9.97 Å². The third-order valence-electron chi connectivity index (χ3n) is 2.23. The lowest BCUT2D eigenvalue weighted by Gasteiger charge is -2.03. The fourth-order valence-electron chi connectivity index (χ4n) is 1.49. The molecule has 0 fully saturated rings. The number of anilines is 1. The van der Waals surface area contributed by atoms with Gasteiger partial charge in [-0.3, -0.25) is 9.97 Å². The fourth-order valence-corrected chi connectivity index (χ4v) is 1.49. The van der Waals surface area contributed by atoms with Crippen molar-refractivity contribution in [3.05, 3.63) is 36.2 Å². The highest BCUT2D eigenvalue weighted by atomic mass is 16.1. The Hall–Kier alpha value is -2.23. The molecule has 2 aromatic rings. The molecule has 0 saturated heterocycles. The van der Waals surface area contributed by atoms with E-state index in [9.17, 15) is 4.79 Å². The zero-order valence-corrected chi connectivity index (χ0v) is 8.63. The second-order valence-corrected chi connectivity index (χ2v) is 3.30. The molecular formula is C12H11N3O. The van der Waals surface area contributed by atoms with Gasteiger partial charge in [0.1, 0.15) is 6.29 Å². The van der Waals surface area contributed by atoms with Crippen LogP contribution in [0.15, 0.2) is 30.6 Å². The number of benzene rings is 1. The molecular weight excluding hydrogens is 202 g/mol. The molecule has 0 radical (unpaired) electrons. The van der Waals surface area contributed by atoms with Crippen molar-refractivity contribution < 1.29 is 4.79 Å². The van der Waals surface area contributed by atoms with E-state index in [-0.39, 0.29) is 0 Å². The van der Waals surface area contributed by atoms with Gasteiger partial charge in [0.05, 0.1) is 11.0 Å². The summed E-state index contributed by atoms with van der Waals surface area (Å²) in [6.07, 6.45) is 8.03. The van der Waals surface area contributed by atoms with E-state index >= 15 is 0 Å². The lowest BCUT2D eigenvalue weighted by atomic mass is 10.1. The molecule has 2 rings (SSSR count). The van der Waals surface area contributed by atoms with Crippen molar-refractivity contribution in [3.8, 4) is 0 Å².